The van der Waals surface area contributed by atoms with Crippen molar-refractivity contribution in [2.45, 2.75) is 25.3 Å². The number of urea groups is 1. The van der Waals surface area contributed by atoms with Gasteiger partial charge < -0.3 is 19.5 Å². The number of methoxy groups -OCH3 is 1. The van der Waals surface area contributed by atoms with Gasteiger partial charge in [0.25, 0.3) is 0 Å². The number of likely N-dealkylation sites (tertiary alicyclic amines) is 1. The van der Waals surface area contributed by atoms with Gasteiger partial charge in [0.1, 0.15) is 11.8 Å². The molecule has 28 heavy (non-hydrogen) atoms. The number of nitrogens with one attached hydrogen (secondary N) is 1. The average Bonchev–Trinajstić information content (AvgIpc) is 3.25. The van der Waals surface area contributed by atoms with Crippen LogP contribution in [0.25, 0.3) is 11.4 Å². The molecule has 144 valence electrons. The van der Waals surface area contributed by atoms with Gasteiger partial charge in [-0.3, -0.25) is 0 Å². The lowest BCUT2D eigenvalue weighted by molar-refractivity contribution is 0.142. The molecule has 1 aliphatic rings. The number of anilines is 1. The molecule has 2 aromatic carbocycles. The number of carbonyl (C=O) groups excluding carboxylic acids is 1. The van der Waals surface area contributed by atoms with Crippen LogP contribution in [0.3, 0.4) is 0 Å². The van der Waals surface area contributed by atoms with Crippen molar-refractivity contribution >= 4 is 11.7 Å². The lowest BCUT2D eigenvalue weighted by atomic mass is 10.0. The summed E-state index contributed by atoms with van der Waals surface area (Å²) in [6.45, 7) is 0.642. The van der Waals surface area contributed by atoms with Crippen molar-refractivity contribution in [3.63, 3.8) is 0 Å². The number of nitrogens with zero attached hydrogens (tertiary/aromatic N) is 3. The summed E-state index contributed by atoms with van der Waals surface area (Å²) in [6.07, 6.45) is 2.75. The number of hydrogen-bond donors (Lipinski definition) is 1. The quantitative estimate of drug-likeness (QED) is 0.723. The van der Waals surface area contributed by atoms with Gasteiger partial charge in [-0.25, -0.2) is 4.79 Å². The van der Waals surface area contributed by atoms with Gasteiger partial charge in [-0.05, 0) is 31.4 Å². The SMILES string of the molecule is COc1cccc(NC(=O)N2CCCCC2c2nc(-c3ccccc3)no2)c1. The topological polar surface area (TPSA) is 80.5 Å². The molecule has 3 aromatic rings. The minimum Gasteiger partial charge on any atom is -0.497 e. The number of ether oxygens (including phenoxy) is 1. The minimum atomic E-state index is -0.232. The highest BCUT2D eigenvalue weighted by molar-refractivity contribution is 5.89. The van der Waals surface area contributed by atoms with Gasteiger partial charge >= 0.3 is 6.03 Å². The standard InChI is InChI=1S/C21H22N4O3/c1-27-17-11-7-10-16(14-17)22-21(26)25-13-6-5-12-18(25)20-23-19(24-28-20)15-8-3-2-4-9-15/h2-4,7-11,14,18H,5-6,12-13H2,1H3,(H,22,26). The number of hydrogen-bond acceptors (Lipinski definition) is 5. The predicted molar refractivity (Wildman–Crippen MR) is 105 cm³/mol. The third-order valence-electron chi connectivity index (χ3n) is 4.84. The summed E-state index contributed by atoms with van der Waals surface area (Å²) in [7, 11) is 1.60. The fraction of sp³-hybridized carbons (Fsp3) is 0.286. The van der Waals surface area contributed by atoms with Crippen molar-refractivity contribution in [1.82, 2.24) is 15.0 Å². The van der Waals surface area contributed by atoms with E-state index in [1.165, 1.54) is 0 Å². The van der Waals surface area contributed by atoms with Gasteiger partial charge in [-0.1, -0.05) is 41.6 Å². The highest BCUT2D eigenvalue weighted by Crippen LogP contribution is 2.32. The molecule has 2 heterocycles. The van der Waals surface area contributed by atoms with Crippen LogP contribution in [0.2, 0.25) is 0 Å². The molecule has 1 unspecified atom stereocenters. The Kier molecular flexibility index (Phi) is 5.23. The molecule has 1 saturated heterocycles. The summed E-state index contributed by atoms with van der Waals surface area (Å²) in [5, 5.41) is 7.04. The minimum absolute atomic E-state index is 0.183. The van der Waals surface area contributed by atoms with Crippen molar-refractivity contribution in [2.75, 3.05) is 19.0 Å². The van der Waals surface area contributed by atoms with Crippen molar-refractivity contribution in [3.8, 4) is 17.1 Å². The third kappa shape index (κ3) is 3.83. The largest absolute Gasteiger partial charge is 0.497 e. The van der Waals surface area contributed by atoms with Gasteiger partial charge in [0.2, 0.25) is 11.7 Å². The maximum absolute atomic E-state index is 12.9. The lowest BCUT2D eigenvalue weighted by Crippen LogP contribution is -2.41. The van der Waals surface area contributed by atoms with Crippen LogP contribution >= 0.6 is 0 Å². The monoisotopic (exact) mass is 378 g/mol. The molecule has 2 amide bonds. The van der Waals surface area contributed by atoms with E-state index >= 15 is 0 Å². The number of amides is 2. The Morgan fingerprint density at radius 2 is 2.04 bits per heavy atom. The van der Waals surface area contributed by atoms with Crippen molar-refractivity contribution in [3.05, 3.63) is 60.5 Å². The first-order valence-corrected chi connectivity index (χ1v) is 9.35. The van der Waals surface area contributed by atoms with Gasteiger partial charge in [-0.15, -0.1) is 0 Å². The van der Waals surface area contributed by atoms with E-state index < -0.39 is 0 Å². The number of rotatable bonds is 4. The van der Waals surface area contributed by atoms with Crippen LogP contribution in [-0.4, -0.2) is 34.7 Å². The van der Waals surface area contributed by atoms with Gasteiger partial charge in [0, 0.05) is 23.9 Å². The normalized spacial score (nSPS) is 16.6. The number of carbonyl (C=O) groups is 1. The Morgan fingerprint density at radius 1 is 1.18 bits per heavy atom. The summed E-state index contributed by atoms with van der Waals surface area (Å²) in [5.41, 5.74) is 1.57. The molecular weight excluding hydrogens is 356 g/mol. The Bertz CT molecular complexity index is 942. The molecule has 1 aromatic heterocycles. The molecular formula is C21H22N4O3. The zero-order valence-corrected chi connectivity index (χ0v) is 15.7. The fourth-order valence-electron chi connectivity index (χ4n) is 3.40. The first-order chi connectivity index (χ1) is 13.7. The van der Waals surface area contributed by atoms with Gasteiger partial charge in [0.05, 0.1) is 7.11 Å². The van der Waals surface area contributed by atoms with Crippen molar-refractivity contribution in [1.29, 1.82) is 0 Å². The molecule has 1 fully saturated rings. The van der Waals surface area contributed by atoms with E-state index in [0.29, 0.717) is 29.7 Å². The number of piperidine rings is 1. The van der Waals surface area contributed by atoms with Crippen LogP contribution in [0.15, 0.2) is 59.1 Å². The van der Waals surface area contributed by atoms with Crippen LogP contribution in [-0.2, 0) is 0 Å². The van der Waals surface area contributed by atoms with Crippen LogP contribution in [0.4, 0.5) is 10.5 Å². The summed E-state index contributed by atoms with van der Waals surface area (Å²) in [5.74, 6) is 1.70. The predicted octanol–water partition coefficient (Wildman–Crippen LogP) is 4.50. The maximum atomic E-state index is 12.9. The van der Waals surface area contributed by atoms with E-state index in [2.05, 4.69) is 15.5 Å². The number of benzene rings is 2. The van der Waals surface area contributed by atoms with Gasteiger partial charge in [0.15, 0.2) is 0 Å². The summed E-state index contributed by atoms with van der Waals surface area (Å²) in [4.78, 5) is 19.2. The van der Waals surface area contributed by atoms with Crippen molar-refractivity contribution in [2.24, 2.45) is 0 Å². The molecule has 4 rings (SSSR count). The second kappa shape index (κ2) is 8.12. The van der Waals surface area contributed by atoms with Crippen LogP contribution in [0.5, 0.6) is 5.75 Å². The first kappa shape index (κ1) is 18.0. The van der Waals surface area contributed by atoms with E-state index in [4.69, 9.17) is 9.26 Å². The molecule has 1 aliphatic heterocycles. The van der Waals surface area contributed by atoms with E-state index in [9.17, 15) is 4.79 Å². The molecule has 0 aliphatic carbocycles. The number of aromatic nitrogens is 2. The zero-order chi connectivity index (χ0) is 19.3. The highest BCUT2D eigenvalue weighted by Gasteiger charge is 2.32. The smallest absolute Gasteiger partial charge is 0.322 e. The third-order valence-corrected chi connectivity index (χ3v) is 4.84. The van der Waals surface area contributed by atoms with E-state index in [0.717, 1.165) is 24.8 Å². The van der Waals surface area contributed by atoms with Crippen LogP contribution < -0.4 is 10.1 Å². The summed E-state index contributed by atoms with van der Waals surface area (Å²) in [6, 6.07) is 16.6. The first-order valence-electron chi connectivity index (χ1n) is 9.35. The summed E-state index contributed by atoms with van der Waals surface area (Å²) < 4.78 is 10.7. The fourth-order valence-corrected chi connectivity index (χ4v) is 3.40. The van der Waals surface area contributed by atoms with E-state index in [1.54, 1.807) is 18.1 Å². The van der Waals surface area contributed by atoms with Crippen molar-refractivity contribution < 1.29 is 14.1 Å². The second-order valence-electron chi connectivity index (χ2n) is 6.69. The van der Waals surface area contributed by atoms with Gasteiger partial charge in [-0.2, -0.15) is 4.98 Å². The zero-order valence-electron chi connectivity index (χ0n) is 15.7. The highest BCUT2D eigenvalue weighted by atomic mass is 16.5. The second-order valence-corrected chi connectivity index (χ2v) is 6.69. The molecule has 1 N–H and O–H groups in total. The molecule has 0 spiro atoms. The molecule has 1 atom stereocenters. The molecule has 0 bridgehead atoms. The Balaban J connectivity index is 1.53. The molecule has 7 heteroatoms. The summed E-state index contributed by atoms with van der Waals surface area (Å²) >= 11 is 0. The van der Waals surface area contributed by atoms with E-state index in [1.807, 2.05) is 48.5 Å². The molecule has 0 saturated carbocycles. The molecule has 0 radical (unpaired) electrons. The average molecular weight is 378 g/mol. The Labute approximate surface area is 163 Å². The van der Waals surface area contributed by atoms with E-state index in [-0.39, 0.29) is 12.1 Å². The van der Waals surface area contributed by atoms with Crippen LogP contribution in [0, 0.1) is 0 Å². The Morgan fingerprint density at radius 3 is 2.86 bits per heavy atom. The maximum Gasteiger partial charge on any atom is 0.322 e. The molecule has 7 nitrogen and oxygen atoms in total. The Hall–Kier alpha value is -3.35. The lowest BCUT2D eigenvalue weighted by Gasteiger charge is -2.33. The van der Waals surface area contributed by atoms with Crippen LogP contribution in [0.1, 0.15) is 31.2 Å².